The molecular formula is C12H9Br. The number of hydrogen-bond donors (Lipinski definition) is 0. The Morgan fingerprint density at radius 3 is 2.69 bits per heavy atom. The first-order valence-electron chi connectivity index (χ1n) is 4.51. The zero-order valence-corrected chi connectivity index (χ0v) is 8.71. The van der Waals surface area contributed by atoms with E-state index in [9.17, 15) is 0 Å². The molecule has 1 aliphatic rings. The van der Waals surface area contributed by atoms with Crippen molar-refractivity contribution in [3.8, 4) is 0 Å². The van der Waals surface area contributed by atoms with Crippen LogP contribution < -0.4 is 0 Å². The summed E-state index contributed by atoms with van der Waals surface area (Å²) in [7, 11) is 0. The van der Waals surface area contributed by atoms with Gasteiger partial charge in [-0.2, -0.15) is 0 Å². The Balaban J connectivity index is 2.51. The summed E-state index contributed by atoms with van der Waals surface area (Å²) in [4.78, 5) is 0.522. The van der Waals surface area contributed by atoms with Gasteiger partial charge in [-0.25, -0.2) is 0 Å². The van der Waals surface area contributed by atoms with Crippen LogP contribution in [0.3, 0.4) is 0 Å². The van der Waals surface area contributed by atoms with Gasteiger partial charge < -0.3 is 0 Å². The van der Waals surface area contributed by atoms with E-state index >= 15 is 0 Å². The van der Waals surface area contributed by atoms with Gasteiger partial charge in [0.1, 0.15) is 0 Å². The van der Waals surface area contributed by atoms with Crippen molar-refractivity contribution in [2.75, 3.05) is 0 Å². The summed E-state index contributed by atoms with van der Waals surface area (Å²) in [6.07, 6.45) is 1.14. The maximum atomic E-state index is 3.71. The van der Waals surface area contributed by atoms with E-state index in [1.54, 1.807) is 0 Å². The maximum Gasteiger partial charge on any atom is 0.0442 e. The summed E-state index contributed by atoms with van der Waals surface area (Å²) >= 11 is 3.71. The van der Waals surface area contributed by atoms with Gasteiger partial charge in [0.05, 0.1) is 0 Å². The normalized spacial score (nSPS) is 19.6. The third-order valence-electron chi connectivity index (χ3n) is 2.76. The molecular weight excluding hydrogens is 224 g/mol. The molecule has 0 aliphatic heterocycles. The van der Waals surface area contributed by atoms with Crippen LogP contribution in [0.2, 0.25) is 0 Å². The Bertz CT molecular complexity index is 468. The van der Waals surface area contributed by atoms with Gasteiger partial charge in [0.15, 0.2) is 0 Å². The fourth-order valence-electron chi connectivity index (χ4n) is 2.18. The average molecular weight is 233 g/mol. The van der Waals surface area contributed by atoms with Crippen LogP contribution in [0.4, 0.5) is 0 Å². The van der Waals surface area contributed by atoms with Crippen molar-refractivity contribution in [3.63, 3.8) is 0 Å². The molecule has 1 atom stereocenters. The molecule has 0 saturated heterocycles. The molecule has 0 heterocycles. The third-order valence-corrected chi connectivity index (χ3v) is 3.58. The van der Waals surface area contributed by atoms with Gasteiger partial charge in [-0.15, -0.1) is 0 Å². The van der Waals surface area contributed by atoms with Crippen LogP contribution in [0, 0.1) is 0 Å². The molecule has 1 aliphatic carbocycles. The fourth-order valence-corrected chi connectivity index (χ4v) is 2.91. The second-order valence-electron chi connectivity index (χ2n) is 3.53. The zero-order chi connectivity index (χ0) is 8.84. The molecule has 2 aromatic carbocycles. The van der Waals surface area contributed by atoms with Crippen LogP contribution in [0.5, 0.6) is 0 Å². The van der Waals surface area contributed by atoms with E-state index in [1.165, 1.54) is 21.9 Å². The van der Waals surface area contributed by atoms with Gasteiger partial charge in [0.25, 0.3) is 0 Å². The van der Waals surface area contributed by atoms with Crippen LogP contribution in [-0.2, 0) is 6.42 Å². The molecule has 64 valence electrons. The number of halogens is 1. The molecule has 0 amide bonds. The number of alkyl halides is 1. The Morgan fingerprint density at radius 1 is 1.08 bits per heavy atom. The topological polar surface area (TPSA) is 0 Å². The van der Waals surface area contributed by atoms with Crippen LogP contribution in [0.15, 0.2) is 36.4 Å². The van der Waals surface area contributed by atoms with Gasteiger partial charge >= 0.3 is 0 Å². The molecule has 1 unspecified atom stereocenters. The molecule has 1 heteroatoms. The van der Waals surface area contributed by atoms with Gasteiger partial charge in [0.2, 0.25) is 0 Å². The first kappa shape index (κ1) is 7.57. The summed E-state index contributed by atoms with van der Waals surface area (Å²) < 4.78 is 0. The fraction of sp³-hybridized carbons (Fsp3) is 0.167. The molecule has 3 rings (SSSR count). The van der Waals surface area contributed by atoms with Crippen LogP contribution in [0.25, 0.3) is 10.8 Å². The SMILES string of the molecule is BrC1Cc2cccc3cccc1c23. The summed E-state index contributed by atoms with van der Waals surface area (Å²) in [5.74, 6) is 0. The highest BCUT2D eigenvalue weighted by molar-refractivity contribution is 9.09. The highest BCUT2D eigenvalue weighted by atomic mass is 79.9. The second-order valence-corrected chi connectivity index (χ2v) is 4.64. The first-order chi connectivity index (χ1) is 6.36. The molecule has 0 N–H and O–H groups in total. The molecule has 0 saturated carbocycles. The average Bonchev–Trinajstić information content (AvgIpc) is 2.47. The smallest absolute Gasteiger partial charge is 0.0442 e. The van der Waals surface area contributed by atoms with Crippen LogP contribution in [-0.4, -0.2) is 0 Å². The molecule has 0 bridgehead atoms. The predicted octanol–water partition coefficient (Wildman–Crippen LogP) is 3.83. The van der Waals surface area contributed by atoms with Crippen LogP contribution in [0.1, 0.15) is 16.0 Å². The number of hydrogen-bond acceptors (Lipinski definition) is 0. The second kappa shape index (κ2) is 2.58. The number of rotatable bonds is 0. The van der Waals surface area contributed by atoms with Gasteiger partial charge in [-0.3, -0.25) is 0 Å². The molecule has 2 aromatic rings. The monoisotopic (exact) mass is 232 g/mol. The van der Waals surface area contributed by atoms with Crippen molar-refractivity contribution < 1.29 is 0 Å². The Labute approximate surface area is 85.7 Å². The maximum absolute atomic E-state index is 3.71. The van der Waals surface area contributed by atoms with Crippen molar-refractivity contribution in [3.05, 3.63) is 47.5 Å². The lowest BCUT2D eigenvalue weighted by Crippen LogP contribution is -1.82. The predicted molar refractivity (Wildman–Crippen MR) is 59.3 cm³/mol. The van der Waals surface area contributed by atoms with E-state index in [0.717, 1.165) is 6.42 Å². The quantitative estimate of drug-likeness (QED) is 0.606. The molecule has 13 heavy (non-hydrogen) atoms. The summed E-state index contributed by atoms with van der Waals surface area (Å²) in [5.41, 5.74) is 2.93. The van der Waals surface area contributed by atoms with Crippen LogP contribution >= 0.6 is 15.9 Å². The van der Waals surface area contributed by atoms with E-state index in [1.807, 2.05) is 0 Å². The van der Waals surface area contributed by atoms with E-state index in [-0.39, 0.29) is 0 Å². The van der Waals surface area contributed by atoms with Gasteiger partial charge in [0, 0.05) is 4.83 Å². The lowest BCUT2D eigenvalue weighted by molar-refractivity contribution is 1.01. The van der Waals surface area contributed by atoms with E-state index in [2.05, 4.69) is 52.3 Å². The lowest BCUT2D eigenvalue weighted by Gasteiger charge is -2.01. The van der Waals surface area contributed by atoms with E-state index in [4.69, 9.17) is 0 Å². The van der Waals surface area contributed by atoms with Crippen molar-refractivity contribution in [1.82, 2.24) is 0 Å². The van der Waals surface area contributed by atoms with E-state index < -0.39 is 0 Å². The van der Waals surface area contributed by atoms with Crippen molar-refractivity contribution >= 4 is 26.7 Å². The van der Waals surface area contributed by atoms with Gasteiger partial charge in [-0.05, 0) is 28.3 Å². The zero-order valence-electron chi connectivity index (χ0n) is 7.13. The van der Waals surface area contributed by atoms with Gasteiger partial charge in [-0.1, -0.05) is 52.3 Å². The van der Waals surface area contributed by atoms with Crippen molar-refractivity contribution in [2.24, 2.45) is 0 Å². The Hall–Kier alpha value is -0.820. The highest BCUT2D eigenvalue weighted by Gasteiger charge is 2.20. The minimum absolute atomic E-state index is 0.522. The molecule has 0 nitrogen and oxygen atoms in total. The third kappa shape index (κ3) is 0.969. The van der Waals surface area contributed by atoms with E-state index in [0.29, 0.717) is 4.83 Å². The highest BCUT2D eigenvalue weighted by Crippen LogP contribution is 2.41. The minimum Gasteiger partial charge on any atom is -0.0835 e. The lowest BCUT2D eigenvalue weighted by atomic mass is 10.1. The summed E-state index contributed by atoms with van der Waals surface area (Å²) in [6, 6.07) is 13.1. The first-order valence-corrected chi connectivity index (χ1v) is 5.42. The molecule has 0 radical (unpaired) electrons. The summed E-state index contributed by atoms with van der Waals surface area (Å²) in [6.45, 7) is 0. The molecule has 0 spiro atoms. The standard InChI is InChI=1S/C12H9Br/c13-11-7-9-5-1-3-8-4-2-6-10(11)12(8)9/h1-6,11H,7H2. The Kier molecular flexibility index (Phi) is 1.50. The molecule has 0 aromatic heterocycles. The minimum atomic E-state index is 0.522. The molecule has 0 fully saturated rings. The van der Waals surface area contributed by atoms with Crippen molar-refractivity contribution in [2.45, 2.75) is 11.2 Å². The number of benzene rings is 2. The Morgan fingerprint density at radius 2 is 1.85 bits per heavy atom. The summed E-state index contributed by atoms with van der Waals surface area (Å²) in [5, 5.41) is 2.84. The largest absolute Gasteiger partial charge is 0.0835 e. The van der Waals surface area contributed by atoms with Crippen molar-refractivity contribution in [1.29, 1.82) is 0 Å².